The molecule has 25 heavy (non-hydrogen) atoms. The van der Waals surface area contributed by atoms with Gasteiger partial charge in [0.15, 0.2) is 0 Å². The van der Waals surface area contributed by atoms with Crippen LogP contribution in [0, 0.1) is 0 Å². The van der Waals surface area contributed by atoms with Gasteiger partial charge in [-0.15, -0.1) is 0 Å². The van der Waals surface area contributed by atoms with Gasteiger partial charge in [0.05, 0.1) is 29.0 Å². The van der Waals surface area contributed by atoms with Gasteiger partial charge in [0, 0.05) is 36.8 Å². The summed E-state index contributed by atoms with van der Waals surface area (Å²) >= 11 is 12.6. The molecule has 0 aliphatic carbocycles. The maximum absolute atomic E-state index is 6.42. The largest absolute Gasteiger partial charge is 0.496 e. The van der Waals surface area contributed by atoms with Crippen LogP contribution in [0.4, 0.5) is 0 Å². The molecule has 0 unspecified atom stereocenters. The third-order valence-electron chi connectivity index (χ3n) is 4.03. The van der Waals surface area contributed by atoms with Gasteiger partial charge >= 0.3 is 0 Å². The minimum Gasteiger partial charge on any atom is -0.496 e. The molecule has 0 fully saturated rings. The van der Waals surface area contributed by atoms with E-state index < -0.39 is 0 Å². The van der Waals surface area contributed by atoms with Crippen molar-refractivity contribution in [3.63, 3.8) is 0 Å². The van der Waals surface area contributed by atoms with Crippen LogP contribution >= 0.6 is 23.2 Å². The van der Waals surface area contributed by atoms with Gasteiger partial charge in [0.25, 0.3) is 0 Å². The number of aryl methyl sites for hydroxylation is 1. The fraction of sp³-hybridized carbons (Fsp3) is 0.111. The summed E-state index contributed by atoms with van der Waals surface area (Å²) in [7, 11) is 3.49. The van der Waals surface area contributed by atoms with Crippen LogP contribution < -0.4 is 4.74 Å². The van der Waals surface area contributed by atoms with Gasteiger partial charge in [0.1, 0.15) is 11.4 Å². The molecule has 3 heterocycles. The molecule has 0 aliphatic heterocycles. The van der Waals surface area contributed by atoms with Crippen molar-refractivity contribution in [2.24, 2.45) is 7.05 Å². The standard InChI is InChI=1S/C18H14Cl2N4O/c1-23-9-12(8-21-23)14-10-24-6-5-11(7-16(24)22-14)17-15(25-2)4-3-13(19)18(17)20/h3-10H,1-2H3. The third kappa shape index (κ3) is 2.75. The maximum Gasteiger partial charge on any atom is 0.138 e. The number of hydrogen-bond acceptors (Lipinski definition) is 3. The van der Waals surface area contributed by atoms with Gasteiger partial charge in [-0.3, -0.25) is 4.68 Å². The molecule has 3 aromatic heterocycles. The Bertz CT molecular complexity index is 1080. The number of imidazole rings is 1. The van der Waals surface area contributed by atoms with Gasteiger partial charge in [-0.25, -0.2) is 4.98 Å². The molecule has 0 amide bonds. The average molecular weight is 373 g/mol. The Kier molecular flexibility index (Phi) is 3.90. The zero-order valence-electron chi connectivity index (χ0n) is 13.6. The number of pyridine rings is 1. The lowest BCUT2D eigenvalue weighted by atomic mass is 10.1. The Balaban J connectivity index is 1.86. The Morgan fingerprint density at radius 1 is 1.08 bits per heavy atom. The lowest BCUT2D eigenvalue weighted by Gasteiger charge is -2.12. The molecule has 0 aliphatic rings. The van der Waals surface area contributed by atoms with E-state index in [1.807, 2.05) is 42.2 Å². The number of nitrogens with zero attached hydrogens (tertiary/aromatic N) is 4. The monoisotopic (exact) mass is 372 g/mol. The van der Waals surface area contributed by atoms with Crippen LogP contribution in [-0.2, 0) is 7.05 Å². The number of rotatable bonds is 3. The summed E-state index contributed by atoms with van der Waals surface area (Å²) in [5, 5.41) is 5.14. The molecule has 0 saturated heterocycles. The van der Waals surface area contributed by atoms with Crippen molar-refractivity contribution in [1.82, 2.24) is 19.2 Å². The summed E-state index contributed by atoms with van der Waals surface area (Å²) < 4.78 is 9.15. The van der Waals surface area contributed by atoms with Crippen molar-refractivity contribution >= 4 is 28.8 Å². The number of halogens is 2. The van der Waals surface area contributed by atoms with Gasteiger partial charge in [-0.05, 0) is 29.8 Å². The number of aromatic nitrogens is 4. The summed E-state index contributed by atoms with van der Waals surface area (Å²) in [4.78, 5) is 4.68. The van der Waals surface area contributed by atoms with Crippen molar-refractivity contribution < 1.29 is 4.74 Å². The van der Waals surface area contributed by atoms with Crippen LogP contribution in [0.15, 0.2) is 49.1 Å². The van der Waals surface area contributed by atoms with Crippen molar-refractivity contribution in [1.29, 1.82) is 0 Å². The SMILES string of the molecule is COc1ccc(Cl)c(Cl)c1-c1ccn2cc(-c3cnn(C)c3)nc2c1. The fourth-order valence-corrected chi connectivity index (χ4v) is 3.22. The Hall–Kier alpha value is -2.50. The number of methoxy groups -OCH3 is 1. The van der Waals surface area contributed by atoms with Crippen LogP contribution in [0.5, 0.6) is 5.75 Å². The molecule has 1 aromatic carbocycles. The quantitative estimate of drug-likeness (QED) is 0.522. The minimum absolute atomic E-state index is 0.462. The molecule has 7 heteroatoms. The van der Waals surface area contributed by atoms with E-state index in [-0.39, 0.29) is 0 Å². The lowest BCUT2D eigenvalue weighted by Crippen LogP contribution is -1.91. The summed E-state index contributed by atoms with van der Waals surface area (Å²) in [6, 6.07) is 7.45. The van der Waals surface area contributed by atoms with Gasteiger partial charge in [0.2, 0.25) is 0 Å². The maximum atomic E-state index is 6.42. The Labute approximate surface area is 154 Å². The Morgan fingerprint density at radius 3 is 2.64 bits per heavy atom. The zero-order chi connectivity index (χ0) is 17.6. The van der Waals surface area contributed by atoms with Crippen LogP contribution in [0.25, 0.3) is 28.0 Å². The molecular formula is C18H14Cl2N4O. The van der Waals surface area contributed by atoms with E-state index in [4.69, 9.17) is 27.9 Å². The van der Waals surface area contributed by atoms with E-state index in [0.29, 0.717) is 15.8 Å². The summed E-state index contributed by atoms with van der Waals surface area (Å²) in [5.74, 6) is 0.665. The smallest absolute Gasteiger partial charge is 0.138 e. The molecule has 126 valence electrons. The van der Waals surface area contributed by atoms with E-state index in [0.717, 1.165) is 28.0 Å². The van der Waals surface area contributed by atoms with Crippen molar-refractivity contribution in [3.8, 4) is 28.1 Å². The van der Waals surface area contributed by atoms with Crippen LogP contribution in [0.3, 0.4) is 0 Å². The highest BCUT2D eigenvalue weighted by Crippen LogP contribution is 2.40. The number of hydrogen-bond donors (Lipinski definition) is 0. The molecule has 4 aromatic rings. The Morgan fingerprint density at radius 2 is 1.92 bits per heavy atom. The predicted octanol–water partition coefficient (Wildman–Crippen LogP) is 4.72. The molecule has 0 saturated carbocycles. The van der Waals surface area contributed by atoms with E-state index in [1.165, 1.54) is 0 Å². The van der Waals surface area contributed by atoms with Crippen molar-refractivity contribution in [3.05, 3.63) is 59.1 Å². The van der Waals surface area contributed by atoms with E-state index in [9.17, 15) is 0 Å². The molecule has 0 N–H and O–H groups in total. The second-order valence-corrected chi connectivity index (χ2v) is 6.43. The highest BCUT2D eigenvalue weighted by Gasteiger charge is 2.15. The zero-order valence-corrected chi connectivity index (χ0v) is 15.1. The molecule has 0 radical (unpaired) electrons. The van der Waals surface area contributed by atoms with E-state index in [1.54, 1.807) is 30.1 Å². The van der Waals surface area contributed by atoms with Gasteiger partial charge < -0.3 is 9.14 Å². The second kappa shape index (κ2) is 6.10. The highest BCUT2D eigenvalue weighted by atomic mass is 35.5. The number of ether oxygens (including phenoxy) is 1. The molecule has 0 spiro atoms. The van der Waals surface area contributed by atoms with Crippen LogP contribution in [-0.4, -0.2) is 26.3 Å². The summed E-state index contributed by atoms with van der Waals surface area (Å²) in [6.07, 6.45) is 7.63. The third-order valence-corrected chi connectivity index (χ3v) is 4.83. The lowest BCUT2D eigenvalue weighted by molar-refractivity contribution is 0.416. The van der Waals surface area contributed by atoms with Gasteiger partial charge in [-0.2, -0.15) is 5.10 Å². The highest BCUT2D eigenvalue weighted by molar-refractivity contribution is 6.44. The van der Waals surface area contributed by atoms with E-state index >= 15 is 0 Å². The topological polar surface area (TPSA) is 44.4 Å². The van der Waals surface area contributed by atoms with E-state index in [2.05, 4.69) is 10.1 Å². The first kappa shape index (κ1) is 16.0. The molecule has 0 bridgehead atoms. The molecule has 4 rings (SSSR count). The normalized spacial score (nSPS) is 11.2. The summed E-state index contributed by atoms with van der Waals surface area (Å²) in [5.41, 5.74) is 4.26. The van der Waals surface area contributed by atoms with Crippen LogP contribution in [0.2, 0.25) is 10.0 Å². The summed E-state index contributed by atoms with van der Waals surface area (Å²) in [6.45, 7) is 0. The second-order valence-electron chi connectivity index (χ2n) is 5.65. The predicted molar refractivity (Wildman–Crippen MR) is 99.4 cm³/mol. The first-order chi connectivity index (χ1) is 12.1. The van der Waals surface area contributed by atoms with Crippen molar-refractivity contribution in [2.75, 3.05) is 7.11 Å². The fourth-order valence-electron chi connectivity index (χ4n) is 2.80. The molecule has 0 atom stereocenters. The first-order valence-electron chi connectivity index (χ1n) is 7.57. The molecular weight excluding hydrogens is 359 g/mol. The molecule has 5 nitrogen and oxygen atoms in total. The number of benzene rings is 1. The first-order valence-corrected chi connectivity index (χ1v) is 8.32. The minimum atomic E-state index is 0.462. The average Bonchev–Trinajstić information content (AvgIpc) is 3.22. The van der Waals surface area contributed by atoms with Crippen molar-refractivity contribution in [2.45, 2.75) is 0 Å². The van der Waals surface area contributed by atoms with Crippen LogP contribution in [0.1, 0.15) is 0 Å². The van der Waals surface area contributed by atoms with Gasteiger partial charge in [-0.1, -0.05) is 23.2 Å². The number of fused-ring (bicyclic) bond motifs is 1.